The molecular formula is C20H22O2. The van der Waals surface area contributed by atoms with Gasteiger partial charge in [0.05, 0.1) is 0 Å². The fraction of sp³-hybridized carbons (Fsp3) is 0.400. The molecule has 2 nitrogen and oxygen atoms in total. The highest BCUT2D eigenvalue weighted by Crippen LogP contribution is 2.76. The number of aliphatic hydroxyl groups is 2. The highest BCUT2D eigenvalue weighted by atomic mass is 16.3. The Labute approximate surface area is 131 Å². The topological polar surface area (TPSA) is 40.5 Å². The molecule has 0 aliphatic heterocycles. The van der Waals surface area contributed by atoms with Gasteiger partial charge in [0.2, 0.25) is 0 Å². The summed E-state index contributed by atoms with van der Waals surface area (Å²) in [5.74, 6) is 0.294. The number of benzene rings is 2. The maximum atomic E-state index is 9.99. The first-order valence-electron chi connectivity index (χ1n) is 8.14. The van der Waals surface area contributed by atoms with E-state index in [0.29, 0.717) is 0 Å². The highest BCUT2D eigenvalue weighted by molar-refractivity contribution is 5.51. The van der Waals surface area contributed by atoms with Gasteiger partial charge in [-0.1, -0.05) is 60.7 Å². The monoisotopic (exact) mass is 294 g/mol. The quantitative estimate of drug-likeness (QED) is 0.910. The average molecular weight is 294 g/mol. The van der Waals surface area contributed by atoms with Crippen LogP contribution in [0.5, 0.6) is 0 Å². The summed E-state index contributed by atoms with van der Waals surface area (Å²) in [6.45, 7) is 0.295. The van der Waals surface area contributed by atoms with Gasteiger partial charge in [-0.3, -0.25) is 0 Å². The van der Waals surface area contributed by atoms with E-state index in [-0.39, 0.29) is 35.9 Å². The van der Waals surface area contributed by atoms with E-state index >= 15 is 0 Å². The fourth-order valence-electron chi connectivity index (χ4n) is 5.56. The van der Waals surface area contributed by atoms with E-state index in [2.05, 4.69) is 48.5 Å². The van der Waals surface area contributed by atoms with Gasteiger partial charge in [-0.05, 0) is 35.8 Å². The maximum Gasteiger partial charge on any atom is 0.0471 e. The summed E-state index contributed by atoms with van der Waals surface area (Å²) in [5, 5.41) is 20.0. The van der Waals surface area contributed by atoms with Gasteiger partial charge < -0.3 is 10.2 Å². The van der Waals surface area contributed by atoms with Crippen LogP contribution in [0.25, 0.3) is 0 Å². The van der Waals surface area contributed by atoms with E-state index < -0.39 is 0 Å². The van der Waals surface area contributed by atoms with E-state index in [1.807, 2.05) is 12.1 Å². The normalized spacial score (nSPS) is 36.1. The molecule has 4 atom stereocenters. The minimum absolute atomic E-state index is 0.0161. The lowest BCUT2D eigenvalue weighted by Crippen LogP contribution is -2.78. The Balaban J connectivity index is 1.89. The highest BCUT2D eigenvalue weighted by Gasteiger charge is 2.76. The summed E-state index contributed by atoms with van der Waals surface area (Å²) in [6.07, 6.45) is 2.18. The largest absolute Gasteiger partial charge is 0.396 e. The van der Waals surface area contributed by atoms with Crippen LogP contribution in [0.4, 0.5) is 0 Å². The van der Waals surface area contributed by atoms with Crippen molar-refractivity contribution in [3.63, 3.8) is 0 Å². The molecular weight excluding hydrogens is 272 g/mol. The summed E-state index contributed by atoms with van der Waals surface area (Å²) in [4.78, 5) is 0. The van der Waals surface area contributed by atoms with Crippen molar-refractivity contribution in [1.29, 1.82) is 0 Å². The number of aliphatic hydroxyl groups excluding tert-OH is 2. The number of hydrogen-bond acceptors (Lipinski definition) is 2. The van der Waals surface area contributed by atoms with Crippen LogP contribution in [0.15, 0.2) is 60.7 Å². The van der Waals surface area contributed by atoms with Crippen molar-refractivity contribution in [2.24, 2.45) is 11.8 Å². The predicted molar refractivity (Wildman–Crippen MR) is 86.6 cm³/mol. The van der Waals surface area contributed by atoms with Gasteiger partial charge >= 0.3 is 0 Å². The molecule has 2 aromatic carbocycles. The van der Waals surface area contributed by atoms with E-state index in [4.69, 9.17) is 0 Å². The van der Waals surface area contributed by atoms with Crippen LogP contribution in [-0.4, -0.2) is 23.4 Å². The van der Waals surface area contributed by atoms with Gasteiger partial charge in [0.15, 0.2) is 0 Å². The van der Waals surface area contributed by atoms with Crippen molar-refractivity contribution in [3.8, 4) is 0 Å². The average Bonchev–Trinajstić information content (AvgIpc) is 2.58. The molecule has 0 bridgehead atoms. The van der Waals surface area contributed by atoms with Crippen molar-refractivity contribution in [3.05, 3.63) is 71.8 Å². The first kappa shape index (κ1) is 14.0. The minimum atomic E-state index is -0.0161. The van der Waals surface area contributed by atoms with Gasteiger partial charge in [-0.2, -0.15) is 0 Å². The SMILES string of the molecule is OC[C@@H]1[C@H](CO)[C@@]2(c3ccccc3)CC[C@@]12c1ccccc1. The Kier molecular flexibility index (Phi) is 3.14. The maximum absolute atomic E-state index is 9.99. The summed E-state index contributed by atoms with van der Waals surface area (Å²) >= 11 is 0. The third-order valence-corrected chi connectivity index (χ3v) is 6.43. The van der Waals surface area contributed by atoms with Gasteiger partial charge in [-0.25, -0.2) is 0 Å². The molecule has 22 heavy (non-hydrogen) atoms. The van der Waals surface area contributed by atoms with Crippen LogP contribution in [0, 0.1) is 11.8 Å². The number of fused-ring (bicyclic) bond motifs is 1. The van der Waals surface area contributed by atoms with Crippen LogP contribution in [0.2, 0.25) is 0 Å². The molecule has 2 aromatic rings. The van der Waals surface area contributed by atoms with Crippen LogP contribution < -0.4 is 0 Å². The van der Waals surface area contributed by atoms with Gasteiger partial charge in [-0.15, -0.1) is 0 Å². The van der Waals surface area contributed by atoms with E-state index in [1.165, 1.54) is 11.1 Å². The van der Waals surface area contributed by atoms with Crippen LogP contribution in [0.1, 0.15) is 24.0 Å². The lowest BCUT2D eigenvalue weighted by molar-refractivity contribution is -0.199. The molecule has 0 unspecified atom stereocenters. The smallest absolute Gasteiger partial charge is 0.0471 e. The molecule has 0 amide bonds. The Bertz CT molecular complexity index is 594. The Hall–Kier alpha value is -1.64. The zero-order chi connectivity index (χ0) is 15.2. The predicted octanol–water partition coefficient (Wildman–Crippen LogP) is 2.89. The zero-order valence-electron chi connectivity index (χ0n) is 12.7. The molecule has 0 spiro atoms. The van der Waals surface area contributed by atoms with E-state index in [0.717, 1.165) is 12.8 Å². The van der Waals surface area contributed by atoms with Crippen LogP contribution in [-0.2, 0) is 10.8 Å². The Morgan fingerprint density at radius 1 is 0.682 bits per heavy atom. The third kappa shape index (κ3) is 1.42. The van der Waals surface area contributed by atoms with Gasteiger partial charge in [0.1, 0.15) is 0 Å². The first-order valence-corrected chi connectivity index (χ1v) is 8.14. The molecule has 0 aromatic heterocycles. The molecule has 0 saturated heterocycles. The van der Waals surface area contributed by atoms with Gasteiger partial charge in [0, 0.05) is 24.0 Å². The molecule has 2 aliphatic rings. The van der Waals surface area contributed by atoms with Crippen molar-refractivity contribution in [1.82, 2.24) is 0 Å². The van der Waals surface area contributed by atoms with Crippen LogP contribution in [0.3, 0.4) is 0 Å². The third-order valence-electron chi connectivity index (χ3n) is 6.43. The second kappa shape index (κ2) is 4.94. The van der Waals surface area contributed by atoms with Crippen molar-refractivity contribution in [2.75, 3.05) is 13.2 Å². The second-order valence-corrected chi connectivity index (χ2v) is 6.75. The van der Waals surface area contributed by atoms with E-state index in [1.54, 1.807) is 0 Å². The lowest BCUT2D eigenvalue weighted by atomic mass is 9.26. The second-order valence-electron chi connectivity index (χ2n) is 6.75. The Morgan fingerprint density at radius 3 is 1.32 bits per heavy atom. The first-order chi connectivity index (χ1) is 10.8. The molecule has 0 radical (unpaired) electrons. The summed E-state index contributed by atoms with van der Waals surface area (Å²) in [6, 6.07) is 21.2. The fourth-order valence-corrected chi connectivity index (χ4v) is 5.56. The molecule has 4 rings (SSSR count). The molecule has 2 fully saturated rings. The van der Waals surface area contributed by atoms with Crippen LogP contribution >= 0.6 is 0 Å². The summed E-state index contributed by atoms with van der Waals surface area (Å²) < 4.78 is 0. The molecule has 2 heteroatoms. The van der Waals surface area contributed by atoms with Crippen molar-refractivity contribution < 1.29 is 10.2 Å². The molecule has 2 saturated carbocycles. The minimum Gasteiger partial charge on any atom is -0.396 e. The number of hydrogen-bond donors (Lipinski definition) is 2. The van der Waals surface area contributed by atoms with Crippen molar-refractivity contribution in [2.45, 2.75) is 23.7 Å². The lowest BCUT2D eigenvalue weighted by Gasteiger charge is -2.77. The summed E-state index contributed by atoms with van der Waals surface area (Å²) in [5.41, 5.74) is 2.60. The number of rotatable bonds is 4. The van der Waals surface area contributed by atoms with E-state index in [9.17, 15) is 10.2 Å². The standard InChI is InChI=1S/C20H22O2/c21-13-17-18(14-22)20(16-9-5-2-6-10-16)12-11-19(17,20)15-7-3-1-4-8-15/h1-10,17-18,21-22H,11-14H2/t17-,18+,19-,20+. The molecule has 2 N–H and O–H groups in total. The molecule has 0 heterocycles. The molecule has 2 aliphatic carbocycles. The molecule has 114 valence electrons. The Morgan fingerprint density at radius 2 is 1.05 bits per heavy atom. The zero-order valence-corrected chi connectivity index (χ0v) is 12.7. The van der Waals surface area contributed by atoms with Crippen molar-refractivity contribution >= 4 is 0 Å². The van der Waals surface area contributed by atoms with Gasteiger partial charge in [0.25, 0.3) is 0 Å². The summed E-state index contributed by atoms with van der Waals surface area (Å²) in [7, 11) is 0.